The fourth-order valence-corrected chi connectivity index (χ4v) is 1.64. The molecular formula is C12H13N3O3. The summed E-state index contributed by atoms with van der Waals surface area (Å²) in [5.41, 5.74) is 2.21. The predicted molar refractivity (Wildman–Crippen MR) is 66.4 cm³/mol. The highest BCUT2D eigenvalue weighted by molar-refractivity contribution is 5.62. The van der Waals surface area contributed by atoms with Crippen LogP contribution in [0.3, 0.4) is 0 Å². The summed E-state index contributed by atoms with van der Waals surface area (Å²) in [6.45, 7) is 4.07. The van der Waals surface area contributed by atoms with Crippen molar-refractivity contribution in [1.29, 1.82) is 0 Å². The first-order valence-corrected chi connectivity index (χ1v) is 5.47. The van der Waals surface area contributed by atoms with Gasteiger partial charge < -0.3 is 9.84 Å². The molecule has 18 heavy (non-hydrogen) atoms. The zero-order valence-corrected chi connectivity index (χ0v) is 10.1. The maximum Gasteiger partial charge on any atom is 0.292 e. The minimum Gasteiger partial charge on any atom is -0.374 e. The number of nitrogens with zero attached hydrogens (tertiary/aromatic N) is 2. The Morgan fingerprint density at radius 3 is 2.78 bits per heavy atom. The van der Waals surface area contributed by atoms with Gasteiger partial charge in [0.15, 0.2) is 0 Å². The summed E-state index contributed by atoms with van der Waals surface area (Å²) in [7, 11) is 0. The molecule has 0 aliphatic heterocycles. The number of nitro groups is 1. The van der Waals surface area contributed by atoms with Crippen molar-refractivity contribution in [2.24, 2.45) is 0 Å². The molecule has 0 radical (unpaired) electrons. The fraction of sp³-hybridized carbons (Fsp3) is 0.250. The molecule has 94 valence electrons. The Hall–Kier alpha value is -2.37. The lowest BCUT2D eigenvalue weighted by atomic mass is 10.2. The first-order chi connectivity index (χ1) is 8.56. The van der Waals surface area contributed by atoms with Gasteiger partial charge in [0.2, 0.25) is 0 Å². The van der Waals surface area contributed by atoms with Crippen molar-refractivity contribution in [3.05, 3.63) is 51.4 Å². The van der Waals surface area contributed by atoms with Gasteiger partial charge in [-0.25, -0.2) is 0 Å². The summed E-state index contributed by atoms with van der Waals surface area (Å²) < 4.78 is 4.93. The maximum absolute atomic E-state index is 10.9. The van der Waals surface area contributed by atoms with E-state index in [0.29, 0.717) is 23.7 Å². The van der Waals surface area contributed by atoms with E-state index in [0.717, 1.165) is 5.56 Å². The third-order valence-electron chi connectivity index (χ3n) is 2.49. The van der Waals surface area contributed by atoms with E-state index >= 15 is 0 Å². The number of nitrogens with one attached hydrogen (secondary N) is 1. The van der Waals surface area contributed by atoms with Crippen molar-refractivity contribution in [3.8, 4) is 0 Å². The number of benzene rings is 1. The van der Waals surface area contributed by atoms with Crippen LogP contribution >= 0.6 is 0 Å². The molecule has 0 amide bonds. The van der Waals surface area contributed by atoms with Crippen LogP contribution in [0.5, 0.6) is 0 Å². The lowest BCUT2D eigenvalue weighted by Gasteiger charge is -2.05. The smallest absolute Gasteiger partial charge is 0.292 e. The van der Waals surface area contributed by atoms with Crippen molar-refractivity contribution in [2.75, 3.05) is 5.32 Å². The van der Waals surface area contributed by atoms with E-state index in [9.17, 15) is 10.1 Å². The second-order valence-electron chi connectivity index (χ2n) is 4.06. The van der Waals surface area contributed by atoms with E-state index in [4.69, 9.17) is 4.52 Å². The van der Waals surface area contributed by atoms with Crippen molar-refractivity contribution >= 4 is 11.4 Å². The van der Waals surface area contributed by atoms with Gasteiger partial charge in [-0.2, -0.15) is 0 Å². The van der Waals surface area contributed by atoms with Crippen molar-refractivity contribution in [2.45, 2.75) is 20.4 Å². The summed E-state index contributed by atoms with van der Waals surface area (Å²) in [6.07, 6.45) is 0. The van der Waals surface area contributed by atoms with Crippen LogP contribution in [-0.2, 0) is 6.54 Å². The van der Waals surface area contributed by atoms with Gasteiger partial charge in [-0.05, 0) is 25.5 Å². The predicted octanol–water partition coefficient (Wildman–Crippen LogP) is 2.81. The molecule has 0 spiro atoms. The first-order valence-electron chi connectivity index (χ1n) is 5.47. The SMILES string of the molecule is Cc1ccc([N+](=O)[O-])c(NCc2cc(C)on2)c1. The Labute approximate surface area is 104 Å². The molecule has 2 aromatic rings. The van der Waals surface area contributed by atoms with Crippen LogP contribution in [0.1, 0.15) is 17.0 Å². The second-order valence-corrected chi connectivity index (χ2v) is 4.06. The quantitative estimate of drug-likeness (QED) is 0.663. The van der Waals surface area contributed by atoms with Crippen LogP contribution in [-0.4, -0.2) is 10.1 Å². The normalized spacial score (nSPS) is 10.3. The molecule has 0 saturated carbocycles. The standard InChI is InChI=1S/C12H13N3O3/c1-8-3-4-12(15(16)17)11(5-8)13-7-10-6-9(2)18-14-10/h3-6,13H,7H2,1-2H3. The van der Waals surface area contributed by atoms with Crippen LogP contribution in [0, 0.1) is 24.0 Å². The monoisotopic (exact) mass is 247 g/mol. The van der Waals surface area contributed by atoms with Gasteiger partial charge in [-0.15, -0.1) is 0 Å². The molecule has 1 heterocycles. The number of rotatable bonds is 4. The first kappa shape index (κ1) is 12.1. The number of aromatic nitrogens is 1. The molecule has 6 nitrogen and oxygen atoms in total. The molecule has 1 aromatic carbocycles. The summed E-state index contributed by atoms with van der Waals surface area (Å²) in [6, 6.07) is 6.73. The van der Waals surface area contributed by atoms with Gasteiger partial charge in [0.25, 0.3) is 5.69 Å². The number of anilines is 1. The Morgan fingerprint density at radius 2 is 2.17 bits per heavy atom. The molecular weight excluding hydrogens is 234 g/mol. The van der Waals surface area contributed by atoms with Crippen LogP contribution in [0.25, 0.3) is 0 Å². The van der Waals surface area contributed by atoms with E-state index in [1.807, 2.05) is 6.92 Å². The summed E-state index contributed by atoms with van der Waals surface area (Å²) in [4.78, 5) is 10.5. The lowest BCUT2D eigenvalue weighted by molar-refractivity contribution is -0.384. The molecule has 0 saturated heterocycles. The largest absolute Gasteiger partial charge is 0.374 e. The van der Waals surface area contributed by atoms with Gasteiger partial charge in [0, 0.05) is 12.1 Å². The lowest BCUT2D eigenvalue weighted by Crippen LogP contribution is -2.03. The average Bonchev–Trinajstić information content (AvgIpc) is 2.72. The highest BCUT2D eigenvalue weighted by Gasteiger charge is 2.13. The third kappa shape index (κ3) is 2.65. The van der Waals surface area contributed by atoms with Crippen LogP contribution in [0.15, 0.2) is 28.8 Å². The summed E-state index contributed by atoms with van der Waals surface area (Å²) >= 11 is 0. The molecule has 0 aliphatic carbocycles. The number of hydrogen-bond donors (Lipinski definition) is 1. The molecule has 0 unspecified atom stereocenters. The molecule has 1 aromatic heterocycles. The summed E-state index contributed by atoms with van der Waals surface area (Å²) in [5, 5.41) is 17.7. The van der Waals surface area contributed by atoms with E-state index in [1.54, 1.807) is 25.1 Å². The zero-order valence-electron chi connectivity index (χ0n) is 10.1. The molecule has 6 heteroatoms. The van der Waals surface area contributed by atoms with E-state index in [1.165, 1.54) is 6.07 Å². The highest BCUT2D eigenvalue weighted by atomic mass is 16.6. The molecule has 0 fully saturated rings. The highest BCUT2D eigenvalue weighted by Crippen LogP contribution is 2.25. The number of hydrogen-bond acceptors (Lipinski definition) is 5. The number of nitro benzene ring substituents is 1. The Balaban J connectivity index is 2.17. The van der Waals surface area contributed by atoms with Gasteiger partial charge in [-0.1, -0.05) is 11.2 Å². The van der Waals surface area contributed by atoms with Crippen molar-refractivity contribution in [3.63, 3.8) is 0 Å². The fourth-order valence-electron chi connectivity index (χ4n) is 1.64. The van der Waals surface area contributed by atoms with Crippen LogP contribution in [0.4, 0.5) is 11.4 Å². The topological polar surface area (TPSA) is 81.2 Å². The average molecular weight is 247 g/mol. The van der Waals surface area contributed by atoms with Gasteiger partial charge in [-0.3, -0.25) is 10.1 Å². The van der Waals surface area contributed by atoms with E-state index in [-0.39, 0.29) is 5.69 Å². The second kappa shape index (κ2) is 4.87. The summed E-state index contributed by atoms with van der Waals surface area (Å²) in [5.74, 6) is 0.713. The number of aryl methyl sites for hydroxylation is 2. The van der Waals surface area contributed by atoms with Crippen LogP contribution in [0.2, 0.25) is 0 Å². The van der Waals surface area contributed by atoms with Gasteiger partial charge in [0.05, 0.1) is 11.5 Å². The van der Waals surface area contributed by atoms with Crippen molar-refractivity contribution in [1.82, 2.24) is 5.16 Å². The van der Waals surface area contributed by atoms with E-state index < -0.39 is 4.92 Å². The molecule has 0 atom stereocenters. The van der Waals surface area contributed by atoms with Gasteiger partial charge in [0.1, 0.15) is 17.1 Å². The van der Waals surface area contributed by atoms with E-state index in [2.05, 4.69) is 10.5 Å². The molecule has 1 N–H and O–H groups in total. The van der Waals surface area contributed by atoms with Gasteiger partial charge >= 0.3 is 0 Å². The zero-order chi connectivity index (χ0) is 13.1. The molecule has 0 bridgehead atoms. The third-order valence-corrected chi connectivity index (χ3v) is 2.49. The molecule has 2 rings (SSSR count). The van der Waals surface area contributed by atoms with Crippen LogP contribution < -0.4 is 5.32 Å². The Bertz CT molecular complexity index is 578. The van der Waals surface area contributed by atoms with Crippen molar-refractivity contribution < 1.29 is 9.45 Å². The minimum absolute atomic E-state index is 0.0563. The maximum atomic E-state index is 10.9. The molecule has 0 aliphatic rings. The Morgan fingerprint density at radius 1 is 1.39 bits per heavy atom. The Kier molecular flexibility index (Phi) is 3.27. The minimum atomic E-state index is -0.407.